The van der Waals surface area contributed by atoms with Gasteiger partial charge in [-0.3, -0.25) is 24.3 Å². The van der Waals surface area contributed by atoms with Crippen LogP contribution in [0.3, 0.4) is 0 Å². The molecule has 0 unspecified atom stereocenters. The lowest BCUT2D eigenvalue weighted by atomic mass is 10.2. The first-order valence-electron chi connectivity index (χ1n) is 7.63. The number of nitrogens with zero attached hydrogens (tertiary/aromatic N) is 1. The summed E-state index contributed by atoms with van der Waals surface area (Å²) in [7, 11) is 0. The van der Waals surface area contributed by atoms with Crippen molar-refractivity contribution in [3.05, 3.63) is 45.0 Å². The molecular weight excluding hydrogens is 314 g/mol. The highest BCUT2D eigenvalue weighted by atomic mass is 16.5. The van der Waals surface area contributed by atoms with E-state index in [1.165, 1.54) is 6.92 Å². The monoisotopic (exact) mass is 333 g/mol. The minimum Gasteiger partial charge on any atom is -0.452 e. The molecule has 8 heteroatoms. The summed E-state index contributed by atoms with van der Waals surface area (Å²) in [6.45, 7) is 3.62. The van der Waals surface area contributed by atoms with Crippen LogP contribution in [0.25, 0.3) is 10.8 Å². The van der Waals surface area contributed by atoms with Crippen molar-refractivity contribution in [1.29, 1.82) is 0 Å². The number of ether oxygens (including phenoxy) is 1. The predicted octanol–water partition coefficient (Wildman–Crippen LogP) is 0.148. The third-order valence-corrected chi connectivity index (χ3v) is 3.45. The summed E-state index contributed by atoms with van der Waals surface area (Å²) >= 11 is 0. The number of rotatable bonds is 6. The molecule has 2 aromatic rings. The Morgan fingerprint density at radius 1 is 1.25 bits per heavy atom. The average molecular weight is 333 g/mol. The van der Waals surface area contributed by atoms with Crippen molar-refractivity contribution in [1.82, 2.24) is 15.1 Å². The first kappa shape index (κ1) is 17.5. The predicted molar refractivity (Wildman–Crippen MR) is 87.7 cm³/mol. The maximum absolute atomic E-state index is 12.3. The van der Waals surface area contributed by atoms with E-state index in [0.717, 1.165) is 4.68 Å². The Morgan fingerprint density at radius 2 is 1.92 bits per heavy atom. The molecule has 0 aliphatic heterocycles. The van der Waals surface area contributed by atoms with Gasteiger partial charge in [-0.05, 0) is 26.0 Å². The number of likely N-dealkylation sites (N-methyl/N-ethyl adjacent to an activating group) is 1. The molecule has 0 saturated carbocycles. The Balaban J connectivity index is 2.07. The minimum atomic E-state index is -0.912. The van der Waals surface area contributed by atoms with Gasteiger partial charge < -0.3 is 10.1 Å². The summed E-state index contributed by atoms with van der Waals surface area (Å²) in [4.78, 5) is 47.5. The highest BCUT2D eigenvalue weighted by molar-refractivity contribution is 5.83. The number of nitrogens with one attached hydrogen (secondary N) is 2. The van der Waals surface area contributed by atoms with E-state index < -0.39 is 23.2 Å². The van der Waals surface area contributed by atoms with Gasteiger partial charge in [-0.15, -0.1) is 0 Å². The van der Waals surface area contributed by atoms with Crippen molar-refractivity contribution >= 4 is 22.6 Å². The first-order chi connectivity index (χ1) is 11.4. The molecule has 0 aliphatic carbocycles. The first-order valence-corrected chi connectivity index (χ1v) is 7.63. The van der Waals surface area contributed by atoms with E-state index in [0.29, 0.717) is 11.9 Å². The van der Waals surface area contributed by atoms with Crippen LogP contribution in [0.1, 0.15) is 20.3 Å². The van der Waals surface area contributed by atoms with Crippen LogP contribution in [0.2, 0.25) is 0 Å². The highest BCUT2D eigenvalue weighted by Gasteiger charge is 2.17. The van der Waals surface area contributed by atoms with Gasteiger partial charge >= 0.3 is 5.97 Å². The molecule has 2 N–H and O–H groups in total. The number of aromatic amines is 1. The van der Waals surface area contributed by atoms with Crippen LogP contribution < -0.4 is 16.4 Å². The topological polar surface area (TPSA) is 110 Å². The molecule has 1 atom stereocenters. The molecule has 1 aromatic carbocycles. The lowest BCUT2D eigenvalue weighted by Gasteiger charge is -2.13. The van der Waals surface area contributed by atoms with E-state index in [-0.39, 0.29) is 24.3 Å². The van der Waals surface area contributed by atoms with Gasteiger partial charge in [0, 0.05) is 6.54 Å². The number of hydrogen-bond acceptors (Lipinski definition) is 5. The standard InChI is InChI=1S/C16H19N3O5/c1-3-17-14(21)10(2)24-13(20)8-9-19-16(23)12-7-5-4-6-11(12)15(22)18-19/h4-7,10H,3,8-9H2,1-2H3,(H,17,21)(H,18,22)/t10-/m1/s1. The van der Waals surface area contributed by atoms with Crippen molar-refractivity contribution in [3.63, 3.8) is 0 Å². The molecule has 1 aromatic heterocycles. The van der Waals surface area contributed by atoms with Gasteiger partial charge in [0.05, 0.1) is 23.7 Å². The summed E-state index contributed by atoms with van der Waals surface area (Å²) in [6.07, 6.45) is -1.05. The summed E-state index contributed by atoms with van der Waals surface area (Å²) < 4.78 is 6.06. The fourth-order valence-corrected chi connectivity index (χ4v) is 2.23. The highest BCUT2D eigenvalue weighted by Crippen LogP contribution is 2.03. The fourth-order valence-electron chi connectivity index (χ4n) is 2.23. The molecule has 0 radical (unpaired) electrons. The zero-order chi connectivity index (χ0) is 17.7. The van der Waals surface area contributed by atoms with Crippen LogP contribution in [0.4, 0.5) is 0 Å². The van der Waals surface area contributed by atoms with E-state index in [9.17, 15) is 19.2 Å². The zero-order valence-corrected chi connectivity index (χ0v) is 13.5. The van der Waals surface area contributed by atoms with Gasteiger partial charge in [0.2, 0.25) is 0 Å². The van der Waals surface area contributed by atoms with Gasteiger partial charge in [0.15, 0.2) is 6.10 Å². The molecule has 1 heterocycles. The number of carbonyl (C=O) groups is 2. The number of H-pyrrole nitrogens is 1. The Morgan fingerprint density at radius 3 is 2.58 bits per heavy atom. The summed E-state index contributed by atoms with van der Waals surface area (Å²) in [5.74, 6) is -1.02. The molecule has 0 fully saturated rings. The normalized spacial score (nSPS) is 11.9. The smallest absolute Gasteiger partial charge is 0.308 e. The Hall–Kier alpha value is -2.90. The molecule has 24 heavy (non-hydrogen) atoms. The SMILES string of the molecule is CCNC(=O)[C@@H](C)OC(=O)CCn1[nH]c(=O)c2ccccc2c1=O. The van der Waals surface area contributed by atoms with Crippen LogP contribution in [-0.2, 0) is 20.9 Å². The summed E-state index contributed by atoms with van der Waals surface area (Å²) in [5.41, 5.74) is -0.802. The molecule has 0 saturated heterocycles. The quantitative estimate of drug-likeness (QED) is 0.731. The second-order valence-electron chi connectivity index (χ2n) is 5.22. The van der Waals surface area contributed by atoms with Gasteiger partial charge in [-0.2, -0.15) is 0 Å². The van der Waals surface area contributed by atoms with E-state index in [4.69, 9.17) is 4.74 Å². The lowest BCUT2D eigenvalue weighted by Crippen LogP contribution is -2.36. The van der Waals surface area contributed by atoms with Gasteiger partial charge in [-0.25, -0.2) is 4.68 Å². The van der Waals surface area contributed by atoms with E-state index >= 15 is 0 Å². The van der Waals surface area contributed by atoms with E-state index in [1.54, 1.807) is 31.2 Å². The van der Waals surface area contributed by atoms with Crippen molar-refractivity contribution in [2.45, 2.75) is 32.9 Å². The number of fused-ring (bicyclic) bond motifs is 1. The van der Waals surface area contributed by atoms with Gasteiger partial charge in [0.1, 0.15) is 0 Å². The van der Waals surface area contributed by atoms with E-state index in [1.807, 2.05) is 0 Å². The molecular formula is C16H19N3O5. The summed E-state index contributed by atoms with van der Waals surface area (Å²) in [6, 6.07) is 6.44. The molecule has 2 rings (SSSR count). The van der Waals surface area contributed by atoms with Crippen LogP contribution >= 0.6 is 0 Å². The summed E-state index contributed by atoms with van der Waals surface area (Å²) in [5, 5.41) is 5.55. The Labute approximate surface area is 137 Å². The number of aryl methyl sites for hydroxylation is 1. The number of aromatic nitrogens is 2. The molecule has 0 spiro atoms. The third-order valence-electron chi connectivity index (χ3n) is 3.45. The number of esters is 1. The molecule has 1 amide bonds. The van der Waals surface area contributed by atoms with E-state index in [2.05, 4.69) is 10.4 Å². The second kappa shape index (κ2) is 7.58. The maximum Gasteiger partial charge on any atom is 0.308 e. The molecule has 8 nitrogen and oxygen atoms in total. The van der Waals surface area contributed by atoms with Crippen molar-refractivity contribution in [3.8, 4) is 0 Å². The molecule has 128 valence electrons. The van der Waals surface area contributed by atoms with Gasteiger partial charge in [-0.1, -0.05) is 12.1 Å². The lowest BCUT2D eigenvalue weighted by molar-refractivity contribution is -0.155. The second-order valence-corrected chi connectivity index (χ2v) is 5.22. The Kier molecular flexibility index (Phi) is 5.51. The average Bonchev–Trinajstić information content (AvgIpc) is 2.57. The zero-order valence-electron chi connectivity index (χ0n) is 13.5. The minimum absolute atomic E-state index is 0.0418. The van der Waals surface area contributed by atoms with Crippen molar-refractivity contribution < 1.29 is 14.3 Å². The number of carbonyl (C=O) groups excluding carboxylic acids is 2. The number of benzene rings is 1. The third kappa shape index (κ3) is 3.89. The fraction of sp³-hybridized carbons (Fsp3) is 0.375. The van der Waals surface area contributed by atoms with Crippen LogP contribution in [0, 0.1) is 0 Å². The molecule has 0 aliphatic rings. The van der Waals surface area contributed by atoms with Crippen molar-refractivity contribution in [2.24, 2.45) is 0 Å². The number of hydrogen-bond donors (Lipinski definition) is 2. The Bertz CT molecular complexity index is 868. The largest absolute Gasteiger partial charge is 0.452 e. The number of amides is 1. The van der Waals surface area contributed by atoms with Crippen LogP contribution in [0.15, 0.2) is 33.9 Å². The van der Waals surface area contributed by atoms with Crippen LogP contribution in [0.5, 0.6) is 0 Å². The van der Waals surface area contributed by atoms with Crippen molar-refractivity contribution in [2.75, 3.05) is 6.54 Å². The van der Waals surface area contributed by atoms with Crippen LogP contribution in [-0.4, -0.2) is 34.3 Å². The molecule has 0 bridgehead atoms. The van der Waals surface area contributed by atoms with Gasteiger partial charge in [0.25, 0.3) is 17.0 Å². The maximum atomic E-state index is 12.3.